The molecule has 0 fully saturated rings. The number of Topliss-reactive ketones (excluding diaryl/α,β-unsaturated/α-hetero) is 1. The molecule has 0 unspecified atom stereocenters. The Morgan fingerprint density at radius 2 is 2.05 bits per heavy atom. The molecule has 102 valence electrons. The SMILES string of the molecule is C=CC(=O)OCCNN(C)CC(=O)c1ccccc1. The van der Waals surface area contributed by atoms with Crippen molar-refractivity contribution in [1.29, 1.82) is 0 Å². The van der Waals surface area contributed by atoms with Crippen molar-refractivity contribution in [2.75, 3.05) is 26.7 Å². The van der Waals surface area contributed by atoms with E-state index in [0.29, 0.717) is 12.1 Å². The number of hydrazine groups is 1. The Kier molecular flexibility index (Phi) is 6.49. The van der Waals surface area contributed by atoms with E-state index in [0.717, 1.165) is 6.08 Å². The van der Waals surface area contributed by atoms with Gasteiger partial charge in [0.1, 0.15) is 6.61 Å². The number of nitrogens with zero attached hydrogens (tertiary/aromatic N) is 1. The maximum absolute atomic E-state index is 11.9. The van der Waals surface area contributed by atoms with E-state index in [-0.39, 0.29) is 18.9 Å². The van der Waals surface area contributed by atoms with E-state index in [2.05, 4.69) is 12.0 Å². The van der Waals surface area contributed by atoms with Crippen LogP contribution in [0.2, 0.25) is 0 Å². The minimum atomic E-state index is -0.454. The monoisotopic (exact) mass is 262 g/mol. The summed E-state index contributed by atoms with van der Waals surface area (Å²) in [4.78, 5) is 22.6. The van der Waals surface area contributed by atoms with Gasteiger partial charge >= 0.3 is 5.97 Å². The summed E-state index contributed by atoms with van der Waals surface area (Å²) in [5.41, 5.74) is 3.64. The van der Waals surface area contributed by atoms with Crippen LogP contribution in [-0.4, -0.2) is 43.5 Å². The van der Waals surface area contributed by atoms with Crippen LogP contribution >= 0.6 is 0 Å². The maximum Gasteiger partial charge on any atom is 0.330 e. The lowest BCUT2D eigenvalue weighted by atomic mass is 10.1. The predicted octanol–water partition coefficient (Wildman–Crippen LogP) is 1.03. The van der Waals surface area contributed by atoms with Gasteiger partial charge in [-0.3, -0.25) is 10.2 Å². The van der Waals surface area contributed by atoms with Crippen molar-refractivity contribution in [1.82, 2.24) is 10.4 Å². The van der Waals surface area contributed by atoms with E-state index in [1.807, 2.05) is 18.2 Å². The molecule has 0 aliphatic carbocycles. The second kappa shape index (κ2) is 8.18. The molecule has 5 nitrogen and oxygen atoms in total. The minimum Gasteiger partial charge on any atom is -0.461 e. The predicted molar refractivity (Wildman–Crippen MR) is 72.6 cm³/mol. The van der Waals surface area contributed by atoms with Crippen molar-refractivity contribution in [3.8, 4) is 0 Å². The molecule has 0 aromatic heterocycles. The average molecular weight is 262 g/mol. The molecule has 1 N–H and O–H groups in total. The number of rotatable bonds is 8. The molecule has 1 aromatic rings. The third-order valence-electron chi connectivity index (χ3n) is 2.37. The second-order valence-corrected chi connectivity index (χ2v) is 3.92. The highest BCUT2D eigenvalue weighted by molar-refractivity contribution is 5.97. The number of hydrogen-bond donors (Lipinski definition) is 1. The molecular formula is C14H18N2O3. The van der Waals surface area contributed by atoms with Crippen LogP contribution in [0.4, 0.5) is 0 Å². The molecule has 0 bridgehead atoms. The Morgan fingerprint density at radius 1 is 1.37 bits per heavy atom. The number of ketones is 1. The Hall–Kier alpha value is -1.98. The summed E-state index contributed by atoms with van der Waals surface area (Å²) in [6, 6.07) is 9.08. The van der Waals surface area contributed by atoms with Gasteiger partial charge in [0, 0.05) is 25.2 Å². The van der Waals surface area contributed by atoms with Crippen LogP contribution in [0.5, 0.6) is 0 Å². The molecule has 0 heterocycles. The lowest BCUT2D eigenvalue weighted by Gasteiger charge is -2.17. The lowest BCUT2D eigenvalue weighted by Crippen LogP contribution is -2.40. The van der Waals surface area contributed by atoms with Crippen molar-refractivity contribution in [3.05, 3.63) is 48.6 Å². The molecule has 0 saturated carbocycles. The first-order valence-corrected chi connectivity index (χ1v) is 5.95. The van der Waals surface area contributed by atoms with Crippen LogP contribution in [0, 0.1) is 0 Å². The molecule has 19 heavy (non-hydrogen) atoms. The molecule has 0 spiro atoms. The normalized spacial score (nSPS) is 10.2. The number of benzene rings is 1. The maximum atomic E-state index is 11.9. The number of carbonyl (C=O) groups is 2. The molecule has 0 aliphatic rings. The summed E-state index contributed by atoms with van der Waals surface area (Å²) in [5.74, 6) is -0.427. The molecule has 5 heteroatoms. The zero-order valence-corrected chi connectivity index (χ0v) is 11.0. The van der Waals surface area contributed by atoms with Gasteiger partial charge in [0.25, 0.3) is 0 Å². The highest BCUT2D eigenvalue weighted by Crippen LogP contribution is 2.00. The third-order valence-corrected chi connectivity index (χ3v) is 2.37. The standard InChI is InChI=1S/C14H18N2O3/c1-3-14(18)19-10-9-15-16(2)11-13(17)12-7-5-4-6-8-12/h3-8,15H,1,9-11H2,2H3. The van der Waals surface area contributed by atoms with Gasteiger partial charge in [-0.25, -0.2) is 9.80 Å². The Morgan fingerprint density at radius 3 is 2.68 bits per heavy atom. The van der Waals surface area contributed by atoms with Gasteiger partial charge in [0.05, 0.1) is 6.54 Å². The number of esters is 1. The largest absolute Gasteiger partial charge is 0.461 e. The van der Waals surface area contributed by atoms with Crippen molar-refractivity contribution in [2.24, 2.45) is 0 Å². The van der Waals surface area contributed by atoms with Crippen molar-refractivity contribution >= 4 is 11.8 Å². The Labute approximate surface area is 112 Å². The quantitative estimate of drug-likeness (QED) is 0.249. The number of nitrogens with one attached hydrogen (secondary N) is 1. The lowest BCUT2D eigenvalue weighted by molar-refractivity contribution is -0.137. The zero-order chi connectivity index (χ0) is 14.1. The van der Waals surface area contributed by atoms with E-state index in [9.17, 15) is 9.59 Å². The summed E-state index contributed by atoms with van der Waals surface area (Å²) < 4.78 is 4.80. The van der Waals surface area contributed by atoms with Crippen LogP contribution < -0.4 is 5.43 Å². The fourth-order valence-corrected chi connectivity index (χ4v) is 1.43. The summed E-state index contributed by atoms with van der Waals surface area (Å²) in [7, 11) is 1.76. The molecule has 0 radical (unpaired) electrons. The molecular weight excluding hydrogens is 244 g/mol. The van der Waals surface area contributed by atoms with E-state index in [4.69, 9.17) is 4.74 Å². The first kappa shape index (κ1) is 15.1. The van der Waals surface area contributed by atoms with Gasteiger partial charge in [0.2, 0.25) is 0 Å². The first-order chi connectivity index (χ1) is 9.13. The van der Waals surface area contributed by atoms with Crippen LogP contribution in [0.25, 0.3) is 0 Å². The number of hydrogen-bond acceptors (Lipinski definition) is 5. The van der Waals surface area contributed by atoms with Crippen molar-refractivity contribution in [2.45, 2.75) is 0 Å². The topological polar surface area (TPSA) is 58.6 Å². The van der Waals surface area contributed by atoms with Gasteiger partial charge in [0.15, 0.2) is 5.78 Å². The molecule has 0 aliphatic heterocycles. The first-order valence-electron chi connectivity index (χ1n) is 5.95. The highest BCUT2D eigenvalue weighted by Gasteiger charge is 2.08. The summed E-state index contributed by atoms with van der Waals surface area (Å²) >= 11 is 0. The molecule has 1 aromatic carbocycles. The minimum absolute atomic E-state index is 0.0266. The van der Waals surface area contributed by atoms with Crippen molar-refractivity contribution in [3.63, 3.8) is 0 Å². The average Bonchev–Trinajstić information content (AvgIpc) is 2.44. The van der Waals surface area contributed by atoms with Gasteiger partial charge < -0.3 is 4.74 Å². The van der Waals surface area contributed by atoms with E-state index >= 15 is 0 Å². The number of carbonyl (C=O) groups excluding carboxylic acids is 2. The third kappa shape index (κ3) is 5.94. The van der Waals surface area contributed by atoms with Gasteiger partial charge in [-0.1, -0.05) is 36.9 Å². The molecule has 0 atom stereocenters. The van der Waals surface area contributed by atoms with Crippen LogP contribution in [-0.2, 0) is 9.53 Å². The summed E-state index contributed by atoms with van der Waals surface area (Å²) in [6.07, 6.45) is 1.11. The molecule has 1 rings (SSSR count). The van der Waals surface area contributed by atoms with Gasteiger partial charge in [-0.15, -0.1) is 0 Å². The van der Waals surface area contributed by atoms with Gasteiger partial charge in [-0.2, -0.15) is 0 Å². The van der Waals surface area contributed by atoms with E-state index in [1.54, 1.807) is 24.2 Å². The fourth-order valence-electron chi connectivity index (χ4n) is 1.43. The number of ether oxygens (including phenoxy) is 1. The second-order valence-electron chi connectivity index (χ2n) is 3.92. The summed E-state index contributed by atoms with van der Waals surface area (Å²) in [6.45, 7) is 4.22. The van der Waals surface area contributed by atoms with E-state index in [1.165, 1.54) is 0 Å². The molecule has 0 saturated heterocycles. The van der Waals surface area contributed by atoms with Crippen LogP contribution in [0.1, 0.15) is 10.4 Å². The van der Waals surface area contributed by atoms with Crippen LogP contribution in [0.15, 0.2) is 43.0 Å². The smallest absolute Gasteiger partial charge is 0.330 e. The van der Waals surface area contributed by atoms with Crippen LogP contribution in [0.3, 0.4) is 0 Å². The van der Waals surface area contributed by atoms with E-state index < -0.39 is 5.97 Å². The molecule has 0 amide bonds. The van der Waals surface area contributed by atoms with Gasteiger partial charge in [-0.05, 0) is 0 Å². The zero-order valence-electron chi connectivity index (χ0n) is 11.0. The van der Waals surface area contributed by atoms with Crippen molar-refractivity contribution < 1.29 is 14.3 Å². The highest BCUT2D eigenvalue weighted by atomic mass is 16.5. The Balaban J connectivity index is 2.24. The summed E-state index contributed by atoms with van der Waals surface area (Å²) in [5, 5.41) is 1.66. The number of likely N-dealkylation sites (N-methyl/N-ethyl adjacent to an activating group) is 1. The fraction of sp³-hybridized carbons (Fsp3) is 0.286. The Bertz CT molecular complexity index is 432.